The smallest absolute Gasteiger partial charge is 0.335 e. The number of hydrogen-bond donors (Lipinski definition) is 6. The van der Waals surface area contributed by atoms with Gasteiger partial charge < -0.3 is 25.6 Å². The Balaban J connectivity index is 1.69. The van der Waals surface area contributed by atoms with Crippen LogP contribution in [-0.2, 0) is 20.2 Å². The monoisotopic (exact) mass is 651 g/mol. The molecule has 4 rings (SSSR count). The van der Waals surface area contributed by atoms with Crippen LogP contribution in [0.15, 0.2) is 64.4 Å². The molecule has 4 aromatic rings. The molecule has 19 heteroatoms. The van der Waals surface area contributed by atoms with Gasteiger partial charge in [0, 0.05) is 17.3 Å². The van der Waals surface area contributed by atoms with Crippen molar-refractivity contribution in [3.63, 3.8) is 0 Å². The Morgan fingerprint density at radius 1 is 0.814 bits per heavy atom. The average molecular weight is 652 g/mol. The highest BCUT2D eigenvalue weighted by Gasteiger charge is 2.26. The summed E-state index contributed by atoms with van der Waals surface area (Å²) in [6.45, 7) is 0. The fraction of sp³-hybridized carbons (Fsp3) is 0.0417. The molecule has 0 atom stereocenters. The zero-order chi connectivity index (χ0) is 31.7. The first kappa shape index (κ1) is 31.1. The van der Waals surface area contributed by atoms with E-state index in [4.69, 9.17) is 21.4 Å². The summed E-state index contributed by atoms with van der Waals surface area (Å²) in [5.74, 6) is -3.86. The van der Waals surface area contributed by atoms with Crippen LogP contribution in [0, 0.1) is 0 Å². The topological polar surface area (TPSA) is 255 Å². The van der Waals surface area contributed by atoms with Gasteiger partial charge >= 0.3 is 5.97 Å². The molecule has 0 spiro atoms. The number of nitrogens with one attached hydrogen (secondary N) is 2. The Kier molecular flexibility index (Phi) is 8.51. The summed E-state index contributed by atoms with van der Waals surface area (Å²) in [5, 5.41) is 24.3. The first-order chi connectivity index (χ1) is 20.1. The summed E-state index contributed by atoms with van der Waals surface area (Å²) in [7, 11) is -8.86. The molecule has 0 saturated heterocycles. The second kappa shape index (κ2) is 11.8. The Hall–Kier alpha value is -4.88. The quantitative estimate of drug-likeness (QED) is 0.106. The van der Waals surface area contributed by atoms with Crippen molar-refractivity contribution in [2.45, 2.75) is 9.79 Å². The normalized spacial score (nSPS) is 11.5. The van der Waals surface area contributed by atoms with Gasteiger partial charge in [-0.15, -0.1) is 0 Å². The lowest BCUT2D eigenvalue weighted by molar-refractivity contribution is 0.0696. The second-order valence-corrected chi connectivity index (χ2v) is 11.5. The van der Waals surface area contributed by atoms with Crippen LogP contribution in [0.5, 0.6) is 11.5 Å². The maximum Gasteiger partial charge on any atom is 0.335 e. The van der Waals surface area contributed by atoms with Gasteiger partial charge in [-0.3, -0.25) is 13.9 Å². The number of carbonyl (C=O) groups is 2. The number of carboxylic acid groups (broad SMARTS) is 1. The summed E-state index contributed by atoms with van der Waals surface area (Å²) in [4.78, 5) is 34.3. The fourth-order valence-corrected chi connectivity index (χ4v) is 5.13. The molecule has 0 radical (unpaired) electrons. The number of aromatic carboxylic acids is 1. The second-order valence-electron chi connectivity index (χ2n) is 8.39. The van der Waals surface area contributed by atoms with E-state index in [1.54, 1.807) is 0 Å². The molecule has 1 aromatic heterocycles. The Labute approximate surface area is 247 Å². The van der Waals surface area contributed by atoms with E-state index in [-0.39, 0.29) is 28.4 Å². The third-order valence-corrected chi connectivity index (χ3v) is 7.51. The molecule has 0 aliphatic heterocycles. The van der Waals surface area contributed by atoms with Gasteiger partial charge in [0.2, 0.25) is 17.2 Å². The Morgan fingerprint density at radius 2 is 1.40 bits per heavy atom. The highest BCUT2D eigenvalue weighted by Crippen LogP contribution is 2.34. The summed E-state index contributed by atoms with van der Waals surface area (Å²) < 4.78 is 72.1. The van der Waals surface area contributed by atoms with Crippen LogP contribution in [0.3, 0.4) is 0 Å². The van der Waals surface area contributed by atoms with Gasteiger partial charge in [0.1, 0.15) is 21.3 Å². The van der Waals surface area contributed by atoms with E-state index in [2.05, 4.69) is 25.6 Å². The van der Waals surface area contributed by atoms with Gasteiger partial charge in [0.15, 0.2) is 5.78 Å². The minimum atomic E-state index is -5.02. The maximum absolute atomic E-state index is 13.2. The molecule has 0 aliphatic carbocycles. The summed E-state index contributed by atoms with van der Waals surface area (Å²) in [5.41, 5.74) is -0.968. The number of aromatic nitrogens is 3. The van der Waals surface area contributed by atoms with Crippen molar-refractivity contribution in [2.24, 2.45) is 0 Å². The highest BCUT2D eigenvalue weighted by molar-refractivity contribution is 7.86. The van der Waals surface area contributed by atoms with Gasteiger partial charge in [0.25, 0.3) is 20.2 Å². The van der Waals surface area contributed by atoms with Crippen molar-refractivity contribution in [2.75, 3.05) is 17.7 Å². The molecule has 0 amide bonds. The molecule has 0 saturated carbocycles. The van der Waals surface area contributed by atoms with Crippen molar-refractivity contribution < 1.29 is 50.5 Å². The maximum atomic E-state index is 13.2. The van der Waals surface area contributed by atoms with Crippen LogP contribution in [0.2, 0.25) is 5.28 Å². The van der Waals surface area contributed by atoms with Crippen molar-refractivity contribution in [3.05, 3.63) is 76.6 Å². The van der Waals surface area contributed by atoms with Gasteiger partial charge in [-0.05, 0) is 60.1 Å². The van der Waals surface area contributed by atoms with Crippen LogP contribution in [0.1, 0.15) is 26.3 Å². The number of phenols is 1. The molecule has 0 unspecified atom stereocenters. The highest BCUT2D eigenvalue weighted by atomic mass is 35.5. The van der Waals surface area contributed by atoms with E-state index in [0.717, 1.165) is 31.4 Å². The molecular formula is C24H18ClN5O11S2. The van der Waals surface area contributed by atoms with Crippen molar-refractivity contribution in [1.29, 1.82) is 0 Å². The van der Waals surface area contributed by atoms with E-state index in [1.165, 1.54) is 24.3 Å². The zero-order valence-corrected chi connectivity index (χ0v) is 23.8. The lowest BCUT2D eigenvalue weighted by Gasteiger charge is -2.13. The predicted molar refractivity (Wildman–Crippen MR) is 149 cm³/mol. The number of aromatic hydroxyl groups is 1. The number of carboxylic acids is 1. The molecule has 0 fully saturated rings. The van der Waals surface area contributed by atoms with Gasteiger partial charge in [-0.2, -0.15) is 31.8 Å². The largest absolute Gasteiger partial charge is 0.507 e. The number of benzene rings is 3. The van der Waals surface area contributed by atoms with E-state index in [0.29, 0.717) is 11.8 Å². The van der Waals surface area contributed by atoms with Crippen molar-refractivity contribution >= 4 is 66.9 Å². The molecule has 224 valence electrons. The number of carbonyl (C=O) groups excluding carboxylic acids is 1. The number of rotatable bonds is 10. The fourth-order valence-electron chi connectivity index (χ4n) is 3.64. The van der Waals surface area contributed by atoms with Crippen LogP contribution in [0.4, 0.5) is 23.3 Å². The Morgan fingerprint density at radius 3 is 1.95 bits per heavy atom. The number of methoxy groups -OCH3 is 1. The van der Waals surface area contributed by atoms with Crippen LogP contribution in [-0.4, -0.2) is 70.0 Å². The molecule has 0 bridgehead atoms. The lowest BCUT2D eigenvalue weighted by Crippen LogP contribution is -2.10. The van der Waals surface area contributed by atoms with Crippen LogP contribution < -0.4 is 15.4 Å². The number of nitrogens with zero attached hydrogens (tertiary/aromatic N) is 3. The lowest BCUT2D eigenvalue weighted by atomic mass is 10.0. The predicted octanol–water partition coefficient (Wildman–Crippen LogP) is 3.15. The standard InChI is InChI=1S/C24H18ClN5O11S2/c1-41-17-10-16(31)14(9-19(17)43(38,39)40)20(32)12-4-7-15(18(8-12)42(35,36)37)27-24-29-22(25)28-23(30-24)26-13-5-2-11(3-6-13)21(33)34/h2-10,31H,1H3,(H,33,34)(H,35,36,37)(H,38,39,40)(H2,26,27,28,29,30). The average Bonchev–Trinajstić information content (AvgIpc) is 2.91. The van der Waals surface area contributed by atoms with Gasteiger partial charge in [-0.1, -0.05) is 0 Å². The van der Waals surface area contributed by atoms with Crippen LogP contribution in [0.25, 0.3) is 0 Å². The molecule has 0 aliphatic rings. The molecule has 1 heterocycles. The first-order valence-electron chi connectivity index (χ1n) is 11.4. The number of hydrogen-bond acceptors (Lipinski definition) is 13. The SMILES string of the molecule is COc1cc(O)c(C(=O)c2ccc(Nc3nc(Cl)nc(Nc4ccc(C(=O)O)cc4)n3)c(S(=O)(=O)O)c2)cc1S(=O)(=O)O. The molecular weight excluding hydrogens is 634 g/mol. The zero-order valence-electron chi connectivity index (χ0n) is 21.4. The summed E-state index contributed by atoms with van der Waals surface area (Å²) in [6, 6.07) is 9.79. The van der Waals surface area contributed by atoms with Gasteiger partial charge in [0.05, 0.1) is 23.9 Å². The number of ether oxygens (including phenoxy) is 1. The number of halogens is 1. The third-order valence-electron chi connectivity index (χ3n) is 5.57. The number of anilines is 4. The van der Waals surface area contributed by atoms with E-state index >= 15 is 0 Å². The molecule has 6 N–H and O–H groups in total. The summed E-state index contributed by atoms with van der Waals surface area (Å²) >= 11 is 5.97. The van der Waals surface area contributed by atoms with E-state index in [1.807, 2.05) is 0 Å². The van der Waals surface area contributed by atoms with E-state index < -0.39 is 64.4 Å². The minimum Gasteiger partial charge on any atom is -0.507 e. The molecule has 16 nitrogen and oxygen atoms in total. The van der Waals surface area contributed by atoms with Crippen LogP contribution >= 0.6 is 11.6 Å². The minimum absolute atomic E-state index is 0.0299. The van der Waals surface area contributed by atoms with Gasteiger partial charge in [-0.25, -0.2) is 4.79 Å². The number of ketones is 1. The summed E-state index contributed by atoms with van der Waals surface area (Å²) in [6.07, 6.45) is 0. The number of phenolic OH excluding ortho intramolecular Hbond substituents is 1. The molecule has 3 aromatic carbocycles. The van der Waals surface area contributed by atoms with E-state index in [9.17, 15) is 40.6 Å². The molecule has 43 heavy (non-hydrogen) atoms. The van der Waals surface area contributed by atoms with Crippen molar-refractivity contribution in [3.8, 4) is 11.5 Å². The first-order valence-corrected chi connectivity index (χ1v) is 14.7. The van der Waals surface area contributed by atoms with Crippen molar-refractivity contribution in [1.82, 2.24) is 15.0 Å². The Bertz CT molecular complexity index is 1990. The third kappa shape index (κ3) is 7.13.